The molecule has 0 radical (unpaired) electrons. The Labute approximate surface area is 107 Å². The number of rotatable bonds is 5. The molecule has 2 heterocycles. The maximum absolute atomic E-state index is 11.8. The van der Waals surface area contributed by atoms with Crippen molar-refractivity contribution in [1.82, 2.24) is 20.1 Å². The van der Waals surface area contributed by atoms with Crippen molar-refractivity contribution in [2.75, 3.05) is 0 Å². The molecule has 1 aliphatic heterocycles. The second-order valence-corrected chi connectivity index (χ2v) is 4.86. The second-order valence-electron chi connectivity index (χ2n) is 4.86. The monoisotopic (exact) mass is 251 g/mol. The van der Waals surface area contributed by atoms with Gasteiger partial charge in [0.15, 0.2) is 5.82 Å². The summed E-state index contributed by atoms with van der Waals surface area (Å²) in [5, 5.41) is 11.2. The number of aromatic nitrogens is 3. The number of amides is 1. The van der Waals surface area contributed by atoms with E-state index >= 15 is 0 Å². The van der Waals surface area contributed by atoms with Crippen molar-refractivity contribution in [2.24, 2.45) is 5.73 Å². The first-order valence-electron chi connectivity index (χ1n) is 6.61. The molecule has 100 valence electrons. The number of aryl methyl sites for hydroxylation is 1. The van der Waals surface area contributed by atoms with E-state index in [1.165, 1.54) is 0 Å². The Morgan fingerprint density at radius 3 is 3.06 bits per heavy atom. The first-order valence-corrected chi connectivity index (χ1v) is 6.61. The average molecular weight is 251 g/mol. The fourth-order valence-corrected chi connectivity index (χ4v) is 2.32. The fourth-order valence-electron chi connectivity index (χ4n) is 2.32. The number of hydrogen-bond acceptors (Lipinski definition) is 4. The predicted octanol–water partition coefficient (Wildman–Crippen LogP) is 0.529. The zero-order valence-corrected chi connectivity index (χ0v) is 11.0. The smallest absolute Gasteiger partial charge is 0.237 e. The molecule has 1 unspecified atom stereocenters. The highest BCUT2D eigenvalue weighted by Crippen LogP contribution is 2.18. The van der Waals surface area contributed by atoms with Gasteiger partial charge in [-0.15, -0.1) is 10.2 Å². The molecule has 2 atom stereocenters. The molecule has 1 aliphatic rings. The normalized spacial score (nSPS) is 17.3. The first kappa shape index (κ1) is 13.0. The Morgan fingerprint density at radius 1 is 1.56 bits per heavy atom. The molecule has 1 aromatic rings. The van der Waals surface area contributed by atoms with Crippen LogP contribution >= 0.6 is 0 Å². The lowest BCUT2D eigenvalue weighted by Crippen LogP contribution is -2.42. The van der Waals surface area contributed by atoms with E-state index in [0.717, 1.165) is 37.5 Å². The lowest BCUT2D eigenvalue weighted by Gasteiger charge is -2.17. The number of fused-ring (bicyclic) bond motifs is 1. The molecule has 1 aromatic heterocycles. The van der Waals surface area contributed by atoms with Gasteiger partial charge in [0.2, 0.25) is 5.91 Å². The van der Waals surface area contributed by atoms with Crippen molar-refractivity contribution in [3.63, 3.8) is 0 Å². The minimum atomic E-state index is -0.432. The molecule has 0 saturated carbocycles. The van der Waals surface area contributed by atoms with Crippen LogP contribution in [0.25, 0.3) is 0 Å². The summed E-state index contributed by atoms with van der Waals surface area (Å²) in [6.07, 6.45) is 3.69. The summed E-state index contributed by atoms with van der Waals surface area (Å²) in [5.74, 6) is 1.74. The summed E-state index contributed by atoms with van der Waals surface area (Å²) >= 11 is 0. The van der Waals surface area contributed by atoms with Gasteiger partial charge in [-0.25, -0.2) is 0 Å². The van der Waals surface area contributed by atoms with Crippen LogP contribution in [0.4, 0.5) is 0 Å². The number of nitrogens with zero attached hydrogens (tertiary/aromatic N) is 3. The molecule has 18 heavy (non-hydrogen) atoms. The van der Waals surface area contributed by atoms with Gasteiger partial charge in [-0.2, -0.15) is 0 Å². The van der Waals surface area contributed by atoms with Gasteiger partial charge in [0.25, 0.3) is 0 Å². The summed E-state index contributed by atoms with van der Waals surface area (Å²) in [7, 11) is 0. The van der Waals surface area contributed by atoms with E-state index in [-0.39, 0.29) is 11.9 Å². The molecule has 0 fully saturated rings. The molecule has 2 rings (SSSR count). The van der Waals surface area contributed by atoms with Crippen molar-refractivity contribution in [1.29, 1.82) is 0 Å². The molecule has 0 saturated heterocycles. The first-order chi connectivity index (χ1) is 8.63. The highest BCUT2D eigenvalue weighted by atomic mass is 16.2. The van der Waals surface area contributed by atoms with E-state index in [1.54, 1.807) is 0 Å². The third kappa shape index (κ3) is 2.53. The highest BCUT2D eigenvalue weighted by Gasteiger charge is 2.23. The van der Waals surface area contributed by atoms with Gasteiger partial charge in [-0.3, -0.25) is 4.79 Å². The molecule has 1 amide bonds. The fraction of sp³-hybridized carbons (Fsp3) is 0.750. The maximum atomic E-state index is 11.8. The molecule has 6 heteroatoms. The molecule has 3 N–H and O–H groups in total. The molecule has 6 nitrogen and oxygen atoms in total. The van der Waals surface area contributed by atoms with E-state index in [2.05, 4.69) is 20.1 Å². The summed E-state index contributed by atoms with van der Waals surface area (Å²) in [6.45, 7) is 4.88. The van der Waals surface area contributed by atoms with Gasteiger partial charge in [-0.1, -0.05) is 13.3 Å². The third-order valence-electron chi connectivity index (χ3n) is 3.32. The lowest BCUT2D eigenvalue weighted by atomic mass is 10.1. The van der Waals surface area contributed by atoms with E-state index in [4.69, 9.17) is 5.73 Å². The van der Waals surface area contributed by atoms with Crippen molar-refractivity contribution in [2.45, 2.75) is 58.2 Å². The molecule has 0 bridgehead atoms. The summed E-state index contributed by atoms with van der Waals surface area (Å²) < 4.78 is 2.09. The molecule has 0 spiro atoms. The van der Waals surface area contributed by atoms with Crippen molar-refractivity contribution >= 4 is 5.91 Å². The van der Waals surface area contributed by atoms with Crippen LogP contribution < -0.4 is 11.1 Å². The zero-order chi connectivity index (χ0) is 13.1. The quantitative estimate of drug-likeness (QED) is 0.799. The van der Waals surface area contributed by atoms with Crippen LogP contribution in [-0.2, 0) is 17.8 Å². The zero-order valence-electron chi connectivity index (χ0n) is 11.0. The average Bonchev–Trinajstić information content (AvgIpc) is 2.90. The molecular weight excluding hydrogens is 230 g/mol. The van der Waals surface area contributed by atoms with Gasteiger partial charge in [0.1, 0.15) is 5.82 Å². The van der Waals surface area contributed by atoms with Gasteiger partial charge in [0.05, 0.1) is 12.1 Å². The van der Waals surface area contributed by atoms with Gasteiger partial charge >= 0.3 is 0 Å². The molecule has 0 aromatic carbocycles. The molecular formula is C12H21N5O. The van der Waals surface area contributed by atoms with Crippen LogP contribution in [0.5, 0.6) is 0 Å². The predicted molar refractivity (Wildman–Crippen MR) is 67.8 cm³/mol. The number of nitrogens with two attached hydrogens (primary N) is 1. The third-order valence-corrected chi connectivity index (χ3v) is 3.32. The maximum Gasteiger partial charge on any atom is 0.237 e. The van der Waals surface area contributed by atoms with Gasteiger partial charge < -0.3 is 15.6 Å². The Balaban J connectivity index is 1.99. The van der Waals surface area contributed by atoms with Crippen molar-refractivity contribution < 1.29 is 4.79 Å². The minimum absolute atomic E-state index is 0.111. The highest BCUT2D eigenvalue weighted by molar-refractivity contribution is 5.81. The van der Waals surface area contributed by atoms with Crippen LogP contribution in [0.2, 0.25) is 0 Å². The van der Waals surface area contributed by atoms with E-state index in [1.807, 2.05) is 13.8 Å². The minimum Gasteiger partial charge on any atom is -0.345 e. The topological polar surface area (TPSA) is 85.8 Å². The Hall–Kier alpha value is -1.43. The van der Waals surface area contributed by atoms with E-state index in [9.17, 15) is 4.79 Å². The van der Waals surface area contributed by atoms with Crippen LogP contribution in [0.15, 0.2) is 0 Å². The lowest BCUT2D eigenvalue weighted by molar-refractivity contribution is -0.123. The summed E-state index contributed by atoms with van der Waals surface area (Å²) in [4.78, 5) is 11.8. The van der Waals surface area contributed by atoms with Crippen molar-refractivity contribution in [3.8, 4) is 0 Å². The second kappa shape index (κ2) is 5.48. The van der Waals surface area contributed by atoms with Crippen LogP contribution in [0.1, 0.15) is 50.8 Å². The van der Waals surface area contributed by atoms with E-state index in [0.29, 0.717) is 6.42 Å². The Bertz CT molecular complexity index is 428. The number of carbonyl (C=O) groups is 1. The SMILES string of the molecule is CCC[C@H](N)C(=O)NC(C)c1nnc2n1CCC2. The van der Waals surface area contributed by atoms with Gasteiger partial charge in [0, 0.05) is 13.0 Å². The summed E-state index contributed by atoms with van der Waals surface area (Å²) in [5.41, 5.74) is 5.79. The molecule has 0 aliphatic carbocycles. The standard InChI is InChI=1S/C12H21N5O/c1-3-5-9(13)12(18)14-8(2)11-16-15-10-6-4-7-17(10)11/h8-9H,3-7,13H2,1-2H3,(H,14,18)/t8?,9-/m0/s1. The number of nitrogens with one attached hydrogen (secondary N) is 1. The number of hydrogen-bond donors (Lipinski definition) is 2. The van der Waals surface area contributed by atoms with Gasteiger partial charge in [-0.05, 0) is 19.8 Å². The van der Waals surface area contributed by atoms with Crippen molar-refractivity contribution in [3.05, 3.63) is 11.6 Å². The largest absolute Gasteiger partial charge is 0.345 e. The van der Waals surface area contributed by atoms with E-state index < -0.39 is 6.04 Å². The van der Waals surface area contributed by atoms with Crippen LogP contribution in [0, 0.1) is 0 Å². The van der Waals surface area contributed by atoms with Crippen LogP contribution in [0.3, 0.4) is 0 Å². The number of carbonyl (C=O) groups excluding carboxylic acids is 1. The summed E-state index contributed by atoms with van der Waals surface area (Å²) in [6, 6.07) is -0.571. The Kier molecular flexibility index (Phi) is 3.96. The Morgan fingerprint density at radius 2 is 2.33 bits per heavy atom. The van der Waals surface area contributed by atoms with Crippen LogP contribution in [-0.4, -0.2) is 26.7 Å².